The fraction of sp³-hybridized carbons (Fsp3) is 0.259. The lowest BCUT2D eigenvalue weighted by atomic mass is 9.73. The topological polar surface area (TPSA) is 84.9 Å². The zero-order valence-electron chi connectivity index (χ0n) is 19.3. The van der Waals surface area contributed by atoms with E-state index in [1.54, 1.807) is 32.4 Å². The molecule has 0 fully saturated rings. The van der Waals surface area contributed by atoms with E-state index < -0.39 is 11.4 Å². The summed E-state index contributed by atoms with van der Waals surface area (Å²) in [6, 6.07) is 20.6. The molecule has 6 nitrogen and oxygen atoms in total. The van der Waals surface area contributed by atoms with Gasteiger partial charge >= 0.3 is 5.97 Å². The minimum atomic E-state index is -1.07. The molecule has 0 aliphatic heterocycles. The third kappa shape index (κ3) is 5.52. The maximum absolute atomic E-state index is 12.8. The molecule has 0 aliphatic carbocycles. The summed E-state index contributed by atoms with van der Waals surface area (Å²) >= 11 is 0. The molecule has 3 aromatic carbocycles. The standard InChI is InChI=1S/C27H29NO5/c1-18-5-14-24(23(17-18)26(30)31)28-25(29)15-16-27(2,19-6-10-21(32-3)11-7-19)20-8-12-22(33-4)13-9-20/h5-14,17H,15-16H2,1-4H3,(H,28,29)(H,30,31). The van der Waals surface area contributed by atoms with Gasteiger partial charge in [-0.25, -0.2) is 4.79 Å². The molecule has 1 amide bonds. The van der Waals surface area contributed by atoms with Crippen molar-refractivity contribution in [3.8, 4) is 11.5 Å². The highest BCUT2D eigenvalue weighted by atomic mass is 16.5. The summed E-state index contributed by atoms with van der Waals surface area (Å²) < 4.78 is 10.6. The number of hydrogen-bond donors (Lipinski definition) is 2. The Balaban J connectivity index is 1.86. The number of carboxylic acids is 1. The van der Waals surface area contributed by atoms with Crippen LogP contribution in [0.4, 0.5) is 5.69 Å². The smallest absolute Gasteiger partial charge is 0.337 e. The Bertz CT molecular complexity index is 1070. The first-order valence-corrected chi connectivity index (χ1v) is 10.7. The molecule has 0 unspecified atom stereocenters. The number of nitrogens with one attached hydrogen (secondary N) is 1. The minimum absolute atomic E-state index is 0.0800. The van der Waals surface area contributed by atoms with E-state index in [4.69, 9.17) is 9.47 Å². The molecule has 0 heterocycles. The Labute approximate surface area is 194 Å². The van der Waals surface area contributed by atoms with Gasteiger partial charge in [-0.2, -0.15) is 0 Å². The van der Waals surface area contributed by atoms with Gasteiger partial charge in [0, 0.05) is 11.8 Å². The summed E-state index contributed by atoms with van der Waals surface area (Å²) in [6.07, 6.45) is 0.729. The van der Waals surface area contributed by atoms with Gasteiger partial charge in [-0.1, -0.05) is 42.8 Å². The van der Waals surface area contributed by atoms with E-state index in [1.165, 1.54) is 0 Å². The zero-order chi connectivity index (χ0) is 24.0. The molecule has 0 atom stereocenters. The molecule has 0 saturated carbocycles. The molecule has 33 heavy (non-hydrogen) atoms. The van der Waals surface area contributed by atoms with Crippen LogP contribution >= 0.6 is 0 Å². The van der Waals surface area contributed by atoms with Crippen LogP contribution < -0.4 is 14.8 Å². The van der Waals surface area contributed by atoms with E-state index in [-0.39, 0.29) is 17.9 Å². The van der Waals surface area contributed by atoms with Crippen LogP contribution in [0.1, 0.15) is 46.8 Å². The average Bonchev–Trinajstić information content (AvgIpc) is 2.83. The molecular weight excluding hydrogens is 418 g/mol. The van der Waals surface area contributed by atoms with Crippen molar-refractivity contribution < 1.29 is 24.2 Å². The monoisotopic (exact) mass is 447 g/mol. The second kappa shape index (κ2) is 10.2. The molecular formula is C27H29NO5. The Morgan fingerprint density at radius 2 is 1.39 bits per heavy atom. The van der Waals surface area contributed by atoms with Gasteiger partial charge < -0.3 is 19.9 Å². The fourth-order valence-corrected chi connectivity index (χ4v) is 3.89. The third-order valence-corrected chi connectivity index (χ3v) is 5.99. The first-order valence-electron chi connectivity index (χ1n) is 10.7. The fourth-order valence-electron chi connectivity index (χ4n) is 3.89. The minimum Gasteiger partial charge on any atom is -0.497 e. The molecule has 172 valence electrons. The van der Waals surface area contributed by atoms with Crippen LogP contribution in [0.25, 0.3) is 0 Å². The number of rotatable bonds is 9. The van der Waals surface area contributed by atoms with Crippen molar-refractivity contribution in [2.45, 2.75) is 32.1 Å². The van der Waals surface area contributed by atoms with Gasteiger partial charge in [-0.15, -0.1) is 0 Å². The van der Waals surface area contributed by atoms with Crippen molar-refractivity contribution in [2.75, 3.05) is 19.5 Å². The number of anilines is 1. The molecule has 0 aromatic heterocycles. The van der Waals surface area contributed by atoms with Crippen LogP contribution in [-0.2, 0) is 10.2 Å². The van der Waals surface area contributed by atoms with Crippen molar-refractivity contribution in [2.24, 2.45) is 0 Å². The van der Waals surface area contributed by atoms with Crippen molar-refractivity contribution in [1.29, 1.82) is 0 Å². The van der Waals surface area contributed by atoms with Crippen LogP contribution in [0, 0.1) is 6.92 Å². The molecule has 0 radical (unpaired) electrons. The Hall–Kier alpha value is -3.80. The van der Waals surface area contributed by atoms with Gasteiger partial charge in [-0.05, 0) is 60.9 Å². The van der Waals surface area contributed by atoms with Gasteiger partial charge in [0.05, 0.1) is 25.5 Å². The number of carbonyl (C=O) groups excluding carboxylic acids is 1. The Morgan fingerprint density at radius 3 is 1.85 bits per heavy atom. The van der Waals surface area contributed by atoms with Crippen molar-refractivity contribution >= 4 is 17.6 Å². The first kappa shape index (κ1) is 23.9. The number of hydrogen-bond acceptors (Lipinski definition) is 4. The number of carboxylic acid groups (broad SMARTS) is 1. The summed E-state index contributed by atoms with van der Waals surface area (Å²) in [5.74, 6) is 0.202. The third-order valence-electron chi connectivity index (χ3n) is 5.99. The average molecular weight is 448 g/mol. The number of ether oxygens (including phenoxy) is 2. The van der Waals surface area contributed by atoms with E-state index in [0.717, 1.165) is 28.2 Å². The molecule has 0 spiro atoms. The quantitative estimate of drug-likeness (QED) is 0.457. The second-order valence-electron chi connectivity index (χ2n) is 8.19. The molecule has 0 bridgehead atoms. The van der Waals surface area contributed by atoms with Crippen molar-refractivity contribution in [1.82, 2.24) is 0 Å². The van der Waals surface area contributed by atoms with Crippen LogP contribution in [0.15, 0.2) is 66.7 Å². The van der Waals surface area contributed by atoms with E-state index in [1.807, 2.05) is 55.5 Å². The highest BCUT2D eigenvalue weighted by Crippen LogP contribution is 2.38. The second-order valence-corrected chi connectivity index (χ2v) is 8.19. The van der Waals surface area contributed by atoms with E-state index in [2.05, 4.69) is 12.2 Å². The molecule has 6 heteroatoms. The first-order chi connectivity index (χ1) is 15.8. The van der Waals surface area contributed by atoms with Crippen molar-refractivity contribution in [3.05, 3.63) is 89.0 Å². The molecule has 2 N–H and O–H groups in total. The van der Waals surface area contributed by atoms with Gasteiger partial charge in [0.15, 0.2) is 0 Å². The summed E-state index contributed by atoms with van der Waals surface area (Å²) in [5, 5.41) is 12.2. The predicted octanol–water partition coefficient (Wildman–Crippen LogP) is 5.44. The molecule has 3 aromatic rings. The summed E-state index contributed by atoms with van der Waals surface area (Å²) in [7, 11) is 3.25. The SMILES string of the molecule is COc1ccc(C(C)(CCC(=O)Nc2ccc(C)cc2C(=O)O)c2ccc(OC)cc2)cc1. The normalized spacial score (nSPS) is 11.0. The van der Waals surface area contributed by atoms with Crippen LogP contribution in [0.2, 0.25) is 0 Å². The number of carbonyl (C=O) groups is 2. The lowest BCUT2D eigenvalue weighted by Crippen LogP contribution is -2.26. The Morgan fingerprint density at radius 1 is 0.879 bits per heavy atom. The number of aromatic carboxylic acids is 1. The largest absolute Gasteiger partial charge is 0.497 e. The zero-order valence-corrected chi connectivity index (χ0v) is 19.3. The van der Waals surface area contributed by atoms with Gasteiger partial charge in [0.25, 0.3) is 0 Å². The van der Waals surface area contributed by atoms with Gasteiger partial charge in [-0.3, -0.25) is 4.79 Å². The predicted molar refractivity (Wildman–Crippen MR) is 128 cm³/mol. The van der Waals surface area contributed by atoms with Crippen LogP contribution in [0.5, 0.6) is 11.5 Å². The summed E-state index contributed by atoms with van der Waals surface area (Å²) in [5.41, 5.74) is 2.83. The lowest BCUT2D eigenvalue weighted by Gasteiger charge is -2.31. The summed E-state index contributed by atoms with van der Waals surface area (Å²) in [6.45, 7) is 3.91. The highest BCUT2D eigenvalue weighted by Gasteiger charge is 2.30. The van der Waals surface area contributed by atoms with E-state index >= 15 is 0 Å². The van der Waals surface area contributed by atoms with Gasteiger partial charge in [0.1, 0.15) is 11.5 Å². The number of aryl methyl sites for hydroxylation is 1. The summed E-state index contributed by atoms with van der Waals surface area (Å²) in [4.78, 5) is 24.4. The lowest BCUT2D eigenvalue weighted by molar-refractivity contribution is -0.116. The number of amides is 1. The highest BCUT2D eigenvalue weighted by molar-refractivity contribution is 6.00. The van der Waals surface area contributed by atoms with Gasteiger partial charge in [0.2, 0.25) is 5.91 Å². The molecule has 3 rings (SSSR count). The molecule has 0 saturated heterocycles. The van der Waals surface area contributed by atoms with Crippen molar-refractivity contribution in [3.63, 3.8) is 0 Å². The maximum atomic E-state index is 12.8. The van der Waals surface area contributed by atoms with Crippen LogP contribution in [0.3, 0.4) is 0 Å². The van der Waals surface area contributed by atoms with Crippen LogP contribution in [-0.4, -0.2) is 31.2 Å². The Kier molecular flexibility index (Phi) is 7.38. The maximum Gasteiger partial charge on any atom is 0.337 e. The number of benzene rings is 3. The van der Waals surface area contributed by atoms with E-state index in [0.29, 0.717) is 12.1 Å². The molecule has 0 aliphatic rings. The van der Waals surface area contributed by atoms with E-state index in [9.17, 15) is 14.7 Å². The number of methoxy groups -OCH3 is 2.